The molecule has 2 heterocycles. The molecule has 154 valence electrons. The monoisotopic (exact) mass is 404 g/mol. The number of amides is 3. The summed E-state index contributed by atoms with van der Waals surface area (Å²) in [4.78, 5) is 46.8. The van der Waals surface area contributed by atoms with Crippen LogP contribution in [-0.2, 0) is 19.8 Å². The summed E-state index contributed by atoms with van der Waals surface area (Å²) in [6.45, 7) is 3.69. The van der Waals surface area contributed by atoms with Crippen LogP contribution in [0.2, 0.25) is 0 Å². The van der Waals surface area contributed by atoms with Gasteiger partial charge in [-0.3, -0.25) is 19.3 Å². The lowest BCUT2D eigenvalue weighted by Gasteiger charge is -2.22. The first-order valence-corrected chi connectivity index (χ1v) is 10.0. The topological polar surface area (TPSA) is 95.2 Å². The first-order valence-electron chi connectivity index (χ1n) is 10.0. The number of fused-ring (bicyclic) bond motifs is 1. The number of nitrogens with one attached hydrogen (secondary N) is 2. The van der Waals surface area contributed by atoms with Gasteiger partial charge in [-0.25, -0.2) is 4.98 Å². The summed E-state index contributed by atoms with van der Waals surface area (Å²) in [7, 11) is 0. The number of imide groups is 1. The van der Waals surface area contributed by atoms with E-state index in [9.17, 15) is 14.4 Å². The van der Waals surface area contributed by atoms with Gasteiger partial charge in [0.1, 0.15) is 5.82 Å². The molecule has 7 heteroatoms. The lowest BCUT2D eigenvalue weighted by atomic mass is 9.81. The highest BCUT2D eigenvalue weighted by molar-refractivity contribution is 6.09. The van der Waals surface area contributed by atoms with Crippen LogP contribution in [0.15, 0.2) is 54.6 Å². The Labute approximate surface area is 174 Å². The van der Waals surface area contributed by atoms with Crippen LogP contribution in [0.3, 0.4) is 0 Å². The van der Waals surface area contributed by atoms with Crippen LogP contribution in [0.1, 0.15) is 44.1 Å². The number of likely N-dealkylation sites (tertiary alicyclic amines) is 1. The van der Waals surface area contributed by atoms with Gasteiger partial charge in [-0.15, -0.1) is 0 Å². The third kappa shape index (κ3) is 3.58. The molecule has 0 spiro atoms. The minimum absolute atomic E-state index is 0.0485. The molecular weight excluding hydrogens is 380 g/mol. The number of aromatic nitrogens is 2. The SMILES string of the molecule is C[C@H](NC(=O)CCN1C(=O)C[C@@](C)(c2ccccc2)C1=O)c1nc2ccccc2[nH]1. The zero-order valence-corrected chi connectivity index (χ0v) is 17.0. The number of rotatable bonds is 6. The van der Waals surface area contributed by atoms with Crippen molar-refractivity contribution >= 4 is 28.8 Å². The minimum atomic E-state index is -0.879. The number of aromatic amines is 1. The molecule has 1 aromatic heterocycles. The van der Waals surface area contributed by atoms with Crippen molar-refractivity contribution in [2.24, 2.45) is 0 Å². The van der Waals surface area contributed by atoms with Crippen LogP contribution in [0.25, 0.3) is 11.0 Å². The Morgan fingerprint density at radius 1 is 1.17 bits per heavy atom. The van der Waals surface area contributed by atoms with Crippen molar-refractivity contribution in [3.05, 3.63) is 66.0 Å². The maximum Gasteiger partial charge on any atom is 0.240 e. The van der Waals surface area contributed by atoms with Crippen LogP contribution in [0.4, 0.5) is 0 Å². The summed E-state index contributed by atoms with van der Waals surface area (Å²) in [6, 6.07) is 16.6. The number of imidazole rings is 1. The molecule has 1 fully saturated rings. The Morgan fingerprint density at radius 2 is 1.87 bits per heavy atom. The van der Waals surface area contributed by atoms with Gasteiger partial charge in [0.05, 0.1) is 22.5 Å². The Hall–Kier alpha value is -3.48. The first-order chi connectivity index (χ1) is 14.4. The van der Waals surface area contributed by atoms with E-state index in [0.29, 0.717) is 5.82 Å². The van der Waals surface area contributed by atoms with Crippen molar-refractivity contribution in [2.45, 2.75) is 38.1 Å². The number of hydrogen-bond donors (Lipinski definition) is 2. The van der Waals surface area contributed by atoms with Gasteiger partial charge in [-0.1, -0.05) is 42.5 Å². The highest BCUT2D eigenvalue weighted by Crippen LogP contribution is 2.36. The molecule has 4 rings (SSSR count). The number of carbonyl (C=O) groups is 3. The number of benzene rings is 2. The quantitative estimate of drug-likeness (QED) is 0.618. The Bertz CT molecular complexity index is 1070. The van der Waals surface area contributed by atoms with E-state index < -0.39 is 5.41 Å². The molecular formula is C23H24N4O3. The second-order valence-electron chi connectivity index (χ2n) is 7.90. The fourth-order valence-corrected chi connectivity index (χ4v) is 3.92. The normalized spacial score (nSPS) is 20.0. The van der Waals surface area contributed by atoms with Gasteiger partial charge in [-0.2, -0.15) is 0 Å². The van der Waals surface area contributed by atoms with E-state index in [4.69, 9.17) is 0 Å². The maximum absolute atomic E-state index is 13.0. The fraction of sp³-hybridized carbons (Fsp3) is 0.304. The number of para-hydroxylation sites is 2. The molecule has 1 aliphatic heterocycles. The maximum atomic E-state index is 13.0. The highest BCUT2D eigenvalue weighted by atomic mass is 16.2. The van der Waals surface area contributed by atoms with Crippen molar-refractivity contribution in [1.29, 1.82) is 0 Å². The van der Waals surface area contributed by atoms with Gasteiger partial charge in [0.2, 0.25) is 17.7 Å². The molecule has 2 N–H and O–H groups in total. The molecule has 2 aromatic carbocycles. The molecule has 3 amide bonds. The molecule has 1 aliphatic rings. The second kappa shape index (κ2) is 7.74. The Kier molecular flexibility index (Phi) is 5.11. The average molecular weight is 404 g/mol. The molecule has 1 saturated heterocycles. The third-order valence-corrected chi connectivity index (χ3v) is 5.69. The van der Waals surface area contributed by atoms with E-state index in [1.165, 1.54) is 4.90 Å². The van der Waals surface area contributed by atoms with Crippen LogP contribution in [-0.4, -0.2) is 39.1 Å². The average Bonchev–Trinajstić information content (AvgIpc) is 3.27. The molecule has 0 bridgehead atoms. The third-order valence-electron chi connectivity index (χ3n) is 5.69. The summed E-state index contributed by atoms with van der Waals surface area (Å²) in [5, 5.41) is 2.88. The van der Waals surface area contributed by atoms with Crippen molar-refractivity contribution in [3.8, 4) is 0 Å². The molecule has 0 unspecified atom stereocenters. The number of hydrogen-bond acceptors (Lipinski definition) is 4. The summed E-state index contributed by atoms with van der Waals surface area (Å²) < 4.78 is 0. The van der Waals surface area contributed by atoms with Gasteiger partial charge in [-0.05, 0) is 31.5 Å². The van der Waals surface area contributed by atoms with Crippen LogP contribution < -0.4 is 5.32 Å². The van der Waals surface area contributed by atoms with Gasteiger partial charge in [0, 0.05) is 19.4 Å². The zero-order valence-electron chi connectivity index (χ0n) is 17.0. The minimum Gasteiger partial charge on any atom is -0.346 e. The second-order valence-corrected chi connectivity index (χ2v) is 7.90. The smallest absolute Gasteiger partial charge is 0.240 e. The first kappa shape index (κ1) is 19.8. The lowest BCUT2D eigenvalue weighted by molar-refractivity contribution is -0.140. The molecule has 3 aromatic rings. The lowest BCUT2D eigenvalue weighted by Crippen LogP contribution is -2.39. The zero-order chi connectivity index (χ0) is 21.3. The van der Waals surface area contributed by atoms with E-state index in [2.05, 4.69) is 15.3 Å². The summed E-state index contributed by atoms with van der Waals surface area (Å²) in [5.74, 6) is -0.0762. The van der Waals surface area contributed by atoms with Crippen molar-refractivity contribution in [2.75, 3.05) is 6.54 Å². The molecule has 0 radical (unpaired) electrons. The predicted molar refractivity (Wildman–Crippen MR) is 112 cm³/mol. The molecule has 0 aliphatic carbocycles. The predicted octanol–water partition coefficient (Wildman–Crippen LogP) is 2.85. The standard InChI is InChI=1S/C23H24N4O3/c1-15(21-25-17-10-6-7-11-18(17)26-21)24-19(28)12-13-27-20(29)14-23(2,22(27)30)16-8-4-3-5-9-16/h3-11,15H,12-14H2,1-2H3,(H,24,28)(H,25,26)/t15-,23-/m0/s1. The molecule has 0 saturated carbocycles. The Balaban J connectivity index is 1.37. The summed E-state index contributed by atoms with van der Waals surface area (Å²) in [6.07, 6.45) is 0.166. The Morgan fingerprint density at radius 3 is 2.60 bits per heavy atom. The van der Waals surface area contributed by atoms with Crippen molar-refractivity contribution in [3.63, 3.8) is 0 Å². The van der Waals surface area contributed by atoms with Gasteiger partial charge in [0.15, 0.2) is 0 Å². The van der Waals surface area contributed by atoms with Crippen molar-refractivity contribution in [1.82, 2.24) is 20.2 Å². The van der Waals surface area contributed by atoms with Crippen LogP contribution in [0, 0.1) is 0 Å². The summed E-state index contributed by atoms with van der Waals surface area (Å²) in [5.41, 5.74) is 1.68. The van der Waals surface area contributed by atoms with Crippen LogP contribution >= 0.6 is 0 Å². The molecule has 7 nitrogen and oxygen atoms in total. The van der Waals surface area contributed by atoms with Gasteiger partial charge < -0.3 is 10.3 Å². The number of H-pyrrole nitrogens is 1. The van der Waals surface area contributed by atoms with E-state index in [-0.39, 0.29) is 43.1 Å². The van der Waals surface area contributed by atoms with Gasteiger partial charge >= 0.3 is 0 Å². The van der Waals surface area contributed by atoms with Gasteiger partial charge in [0.25, 0.3) is 0 Å². The van der Waals surface area contributed by atoms with Crippen molar-refractivity contribution < 1.29 is 14.4 Å². The largest absolute Gasteiger partial charge is 0.346 e. The molecule has 30 heavy (non-hydrogen) atoms. The molecule has 2 atom stereocenters. The number of carbonyl (C=O) groups excluding carboxylic acids is 3. The van der Waals surface area contributed by atoms with E-state index in [0.717, 1.165) is 16.6 Å². The van der Waals surface area contributed by atoms with E-state index >= 15 is 0 Å². The van der Waals surface area contributed by atoms with E-state index in [1.54, 1.807) is 6.92 Å². The van der Waals surface area contributed by atoms with E-state index in [1.807, 2.05) is 61.5 Å². The van der Waals surface area contributed by atoms with Crippen LogP contribution in [0.5, 0.6) is 0 Å². The summed E-state index contributed by atoms with van der Waals surface area (Å²) >= 11 is 0. The highest BCUT2D eigenvalue weighted by Gasteiger charge is 2.49. The number of nitrogens with zero attached hydrogens (tertiary/aromatic N) is 2. The fourth-order valence-electron chi connectivity index (χ4n) is 3.92.